The normalized spacial score (nSPS) is 11.0. The monoisotopic (exact) mass is 257 g/mol. The smallest absolute Gasteiger partial charge is 0.159 e. The number of hydrogen-bond donors (Lipinski definition) is 1. The highest BCUT2D eigenvalue weighted by Gasteiger charge is 2.08. The van der Waals surface area contributed by atoms with Crippen molar-refractivity contribution in [3.05, 3.63) is 59.2 Å². The summed E-state index contributed by atoms with van der Waals surface area (Å²) in [6, 6.07) is 15.9. The Hall–Kier alpha value is -1.84. The van der Waals surface area contributed by atoms with Crippen molar-refractivity contribution >= 4 is 22.5 Å². The van der Waals surface area contributed by atoms with E-state index in [-0.39, 0.29) is 0 Å². The molecule has 0 radical (unpaired) electrons. The Morgan fingerprint density at radius 2 is 1.78 bits per heavy atom. The number of hydrogen-bond acceptors (Lipinski definition) is 2. The standard InChI is InChI=1S/C14H12ClN3/c15-14-12-3-1-2-4-13(12)18(17-14)11-7-5-10(9-16)6-8-11/h1-8H,9,16H2. The zero-order valence-corrected chi connectivity index (χ0v) is 10.4. The van der Waals surface area contributed by atoms with Crippen molar-refractivity contribution in [3.8, 4) is 5.69 Å². The summed E-state index contributed by atoms with van der Waals surface area (Å²) in [6.45, 7) is 0.543. The van der Waals surface area contributed by atoms with Crippen LogP contribution in [-0.4, -0.2) is 9.78 Å². The van der Waals surface area contributed by atoms with Crippen LogP contribution in [0.2, 0.25) is 5.15 Å². The van der Waals surface area contributed by atoms with Crippen LogP contribution in [0, 0.1) is 0 Å². The quantitative estimate of drug-likeness (QED) is 0.767. The maximum absolute atomic E-state index is 6.13. The Morgan fingerprint density at radius 1 is 1.06 bits per heavy atom. The highest BCUT2D eigenvalue weighted by Crippen LogP contribution is 2.25. The summed E-state index contributed by atoms with van der Waals surface area (Å²) in [5, 5.41) is 5.85. The molecule has 0 saturated carbocycles. The molecule has 0 atom stereocenters. The summed E-state index contributed by atoms with van der Waals surface area (Å²) < 4.78 is 1.85. The van der Waals surface area contributed by atoms with E-state index in [1.54, 1.807) is 0 Å². The predicted molar refractivity (Wildman–Crippen MR) is 74.0 cm³/mol. The fourth-order valence-corrected chi connectivity index (χ4v) is 2.23. The van der Waals surface area contributed by atoms with Crippen molar-refractivity contribution in [2.75, 3.05) is 0 Å². The summed E-state index contributed by atoms with van der Waals surface area (Å²) in [5.41, 5.74) is 8.67. The lowest BCUT2D eigenvalue weighted by atomic mass is 10.2. The van der Waals surface area contributed by atoms with Crippen LogP contribution in [0.15, 0.2) is 48.5 Å². The molecular formula is C14H12ClN3. The molecule has 3 nitrogen and oxygen atoms in total. The van der Waals surface area contributed by atoms with Gasteiger partial charge in [-0.2, -0.15) is 5.10 Å². The van der Waals surface area contributed by atoms with Gasteiger partial charge in [0.2, 0.25) is 0 Å². The molecule has 0 bridgehead atoms. The van der Waals surface area contributed by atoms with Crippen LogP contribution in [0.3, 0.4) is 0 Å². The molecule has 0 aliphatic heterocycles. The molecule has 0 aliphatic rings. The molecule has 0 saturated heterocycles. The number of para-hydroxylation sites is 1. The molecule has 3 aromatic rings. The van der Waals surface area contributed by atoms with Gasteiger partial charge in [-0.3, -0.25) is 0 Å². The molecule has 0 spiro atoms. The van der Waals surface area contributed by atoms with Gasteiger partial charge in [0, 0.05) is 11.9 Å². The van der Waals surface area contributed by atoms with Gasteiger partial charge in [0.15, 0.2) is 5.15 Å². The topological polar surface area (TPSA) is 43.8 Å². The lowest BCUT2D eigenvalue weighted by Gasteiger charge is -2.04. The molecule has 18 heavy (non-hydrogen) atoms. The number of fused-ring (bicyclic) bond motifs is 1. The maximum Gasteiger partial charge on any atom is 0.159 e. The van der Waals surface area contributed by atoms with Crippen molar-refractivity contribution in [3.63, 3.8) is 0 Å². The first kappa shape index (κ1) is 11.3. The molecule has 0 fully saturated rings. The Labute approximate surface area is 110 Å². The average molecular weight is 258 g/mol. The van der Waals surface area contributed by atoms with Crippen LogP contribution in [0.5, 0.6) is 0 Å². The van der Waals surface area contributed by atoms with Crippen LogP contribution < -0.4 is 5.73 Å². The second kappa shape index (κ2) is 4.44. The van der Waals surface area contributed by atoms with Crippen molar-refractivity contribution < 1.29 is 0 Å². The van der Waals surface area contributed by atoms with E-state index < -0.39 is 0 Å². The number of halogens is 1. The fraction of sp³-hybridized carbons (Fsp3) is 0.0714. The lowest BCUT2D eigenvalue weighted by Crippen LogP contribution is -1.99. The van der Waals surface area contributed by atoms with E-state index in [2.05, 4.69) is 5.10 Å². The second-order valence-electron chi connectivity index (χ2n) is 4.09. The third-order valence-electron chi connectivity index (χ3n) is 2.96. The number of benzene rings is 2. The summed E-state index contributed by atoms with van der Waals surface area (Å²) in [6.07, 6.45) is 0. The molecule has 2 N–H and O–H groups in total. The first-order valence-electron chi connectivity index (χ1n) is 5.72. The number of nitrogens with two attached hydrogens (primary N) is 1. The van der Waals surface area contributed by atoms with E-state index in [0.717, 1.165) is 22.2 Å². The Kier molecular flexibility index (Phi) is 2.78. The molecule has 0 unspecified atom stereocenters. The third-order valence-corrected chi connectivity index (χ3v) is 3.24. The van der Waals surface area contributed by atoms with Gasteiger partial charge < -0.3 is 5.73 Å². The summed E-state index contributed by atoms with van der Waals surface area (Å²) >= 11 is 6.13. The maximum atomic E-state index is 6.13. The van der Waals surface area contributed by atoms with Crippen molar-refractivity contribution in [1.82, 2.24) is 9.78 Å². The van der Waals surface area contributed by atoms with Gasteiger partial charge in [-0.05, 0) is 29.8 Å². The number of aromatic nitrogens is 2. The molecule has 4 heteroatoms. The molecule has 0 aliphatic carbocycles. The lowest BCUT2D eigenvalue weighted by molar-refractivity contribution is 0.908. The zero-order chi connectivity index (χ0) is 12.5. The number of rotatable bonds is 2. The van der Waals surface area contributed by atoms with Gasteiger partial charge in [-0.15, -0.1) is 0 Å². The van der Waals surface area contributed by atoms with Crippen LogP contribution in [-0.2, 0) is 6.54 Å². The van der Waals surface area contributed by atoms with Crippen LogP contribution in [0.1, 0.15) is 5.56 Å². The van der Waals surface area contributed by atoms with E-state index in [1.807, 2.05) is 53.2 Å². The third kappa shape index (κ3) is 1.78. The Morgan fingerprint density at radius 3 is 2.50 bits per heavy atom. The van der Waals surface area contributed by atoms with Crippen LogP contribution in [0.25, 0.3) is 16.6 Å². The van der Waals surface area contributed by atoms with Crippen molar-refractivity contribution in [1.29, 1.82) is 0 Å². The molecule has 0 amide bonds. The van der Waals surface area contributed by atoms with Gasteiger partial charge in [0.05, 0.1) is 11.2 Å². The van der Waals surface area contributed by atoms with Gasteiger partial charge in [0.1, 0.15) is 0 Å². The van der Waals surface area contributed by atoms with Crippen molar-refractivity contribution in [2.45, 2.75) is 6.54 Å². The van der Waals surface area contributed by atoms with Gasteiger partial charge in [0.25, 0.3) is 0 Å². The minimum absolute atomic E-state index is 0.522. The zero-order valence-electron chi connectivity index (χ0n) is 9.68. The number of nitrogens with zero attached hydrogens (tertiary/aromatic N) is 2. The predicted octanol–water partition coefficient (Wildman–Crippen LogP) is 3.14. The summed E-state index contributed by atoms with van der Waals surface area (Å²) in [7, 11) is 0. The molecular weight excluding hydrogens is 246 g/mol. The highest BCUT2D eigenvalue weighted by atomic mass is 35.5. The average Bonchev–Trinajstić information content (AvgIpc) is 2.77. The SMILES string of the molecule is NCc1ccc(-n2nc(Cl)c3ccccc32)cc1. The molecule has 2 aromatic carbocycles. The minimum atomic E-state index is 0.522. The minimum Gasteiger partial charge on any atom is -0.326 e. The summed E-state index contributed by atoms with van der Waals surface area (Å²) in [5.74, 6) is 0. The van der Waals surface area contributed by atoms with E-state index in [9.17, 15) is 0 Å². The van der Waals surface area contributed by atoms with Gasteiger partial charge >= 0.3 is 0 Å². The van der Waals surface area contributed by atoms with E-state index in [0.29, 0.717) is 11.7 Å². The molecule has 90 valence electrons. The molecule has 3 rings (SSSR count). The second-order valence-corrected chi connectivity index (χ2v) is 4.45. The van der Waals surface area contributed by atoms with E-state index in [4.69, 9.17) is 17.3 Å². The Bertz CT molecular complexity index is 686. The van der Waals surface area contributed by atoms with Crippen molar-refractivity contribution in [2.24, 2.45) is 5.73 Å². The van der Waals surface area contributed by atoms with E-state index in [1.165, 1.54) is 0 Å². The first-order valence-corrected chi connectivity index (χ1v) is 6.10. The van der Waals surface area contributed by atoms with Crippen LogP contribution in [0.4, 0.5) is 0 Å². The fourth-order valence-electron chi connectivity index (χ4n) is 2.00. The molecule has 1 heterocycles. The largest absolute Gasteiger partial charge is 0.326 e. The van der Waals surface area contributed by atoms with Gasteiger partial charge in [-0.1, -0.05) is 35.9 Å². The summed E-state index contributed by atoms with van der Waals surface area (Å²) in [4.78, 5) is 0. The van der Waals surface area contributed by atoms with Crippen LogP contribution >= 0.6 is 11.6 Å². The Balaban J connectivity index is 2.18. The van der Waals surface area contributed by atoms with E-state index >= 15 is 0 Å². The first-order chi connectivity index (χ1) is 8.79. The van der Waals surface area contributed by atoms with Gasteiger partial charge in [-0.25, -0.2) is 4.68 Å². The molecule has 1 aromatic heterocycles. The highest BCUT2D eigenvalue weighted by molar-refractivity contribution is 6.34.